The number of rotatable bonds is 3. The molecule has 22 heavy (non-hydrogen) atoms. The van der Waals surface area contributed by atoms with Gasteiger partial charge < -0.3 is 16.0 Å². The van der Waals surface area contributed by atoms with E-state index in [0.29, 0.717) is 13.1 Å². The average Bonchev–Trinajstić information content (AvgIpc) is 2.48. The van der Waals surface area contributed by atoms with E-state index < -0.39 is 5.82 Å². The number of hydrogen-bond donors (Lipinski definition) is 2. The quantitative estimate of drug-likeness (QED) is 0.890. The van der Waals surface area contributed by atoms with Crippen molar-refractivity contribution in [1.29, 1.82) is 5.26 Å². The molecule has 7 heteroatoms. The van der Waals surface area contributed by atoms with Crippen LogP contribution in [-0.4, -0.2) is 29.9 Å². The molecule has 1 atom stereocenters. The number of nitrogens with two attached hydrogens (primary N) is 1. The van der Waals surface area contributed by atoms with E-state index in [0.717, 1.165) is 18.9 Å². The van der Waals surface area contributed by atoms with Crippen LogP contribution in [0, 0.1) is 23.1 Å². The van der Waals surface area contributed by atoms with Crippen molar-refractivity contribution in [3.63, 3.8) is 0 Å². The summed E-state index contributed by atoms with van der Waals surface area (Å²) >= 11 is 0. The fraction of sp³-hybridized carbons (Fsp3) is 0.400. The smallest absolute Gasteiger partial charge is 0.321 e. The SMILES string of the molecule is N#Cc1cc(F)ccc1NC(=O)N1CCCC(CC(N)=O)C1. The Hall–Kier alpha value is -2.62. The first-order valence-electron chi connectivity index (χ1n) is 7.03. The van der Waals surface area contributed by atoms with Crippen molar-refractivity contribution in [3.8, 4) is 6.07 Å². The molecule has 1 heterocycles. The minimum Gasteiger partial charge on any atom is -0.370 e. The molecule has 1 aliphatic heterocycles. The Bertz CT molecular complexity index is 626. The van der Waals surface area contributed by atoms with Crippen molar-refractivity contribution in [2.75, 3.05) is 18.4 Å². The van der Waals surface area contributed by atoms with Crippen LogP contribution in [0.15, 0.2) is 18.2 Å². The predicted octanol–water partition coefficient (Wildman–Crippen LogP) is 1.82. The topological polar surface area (TPSA) is 99.2 Å². The molecule has 1 aromatic rings. The first-order valence-corrected chi connectivity index (χ1v) is 7.03. The van der Waals surface area contributed by atoms with Gasteiger partial charge >= 0.3 is 6.03 Å². The molecule has 0 spiro atoms. The number of hydrogen-bond acceptors (Lipinski definition) is 3. The van der Waals surface area contributed by atoms with E-state index in [4.69, 9.17) is 11.0 Å². The van der Waals surface area contributed by atoms with Crippen LogP contribution in [0.4, 0.5) is 14.9 Å². The largest absolute Gasteiger partial charge is 0.370 e. The van der Waals surface area contributed by atoms with Gasteiger partial charge in [-0.2, -0.15) is 5.26 Å². The summed E-state index contributed by atoms with van der Waals surface area (Å²) in [6.07, 6.45) is 1.90. The number of halogens is 1. The lowest BCUT2D eigenvalue weighted by molar-refractivity contribution is -0.119. The molecule has 6 nitrogen and oxygen atoms in total. The van der Waals surface area contributed by atoms with E-state index in [1.807, 2.05) is 6.07 Å². The molecule has 0 bridgehead atoms. The summed E-state index contributed by atoms with van der Waals surface area (Å²) in [5.41, 5.74) is 5.53. The number of urea groups is 1. The van der Waals surface area contributed by atoms with Gasteiger partial charge in [-0.1, -0.05) is 0 Å². The Balaban J connectivity index is 2.03. The Labute approximate surface area is 127 Å². The second-order valence-electron chi connectivity index (χ2n) is 5.36. The molecule has 0 aliphatic carbocycles. The molecule has 1 aliphatic rings. The third-order valence-corrected chi connectivity index (χ3v) is 3.64. The van der Waals surface area contributed by atoms with E-state index in [1.165, 1.54) is 12.1 Å². The van der Waals surface area contributed by atoms with Gasteiger partial charge in [0.2, 0.25) is 5.91 Å². The minimum atomic E-state index is -0.533. The summed E-state index contributed by atoms with van der Waals surface area (Å²) in [6.45, 7) is 1.02. The Morgan fingerprint density at radius 2 is 2.27 bits per heavy atom. The number of anilines is 1. The lowest BCUT2D eigenvalue weighted by Gasteiger charge is -2.32. The molecule has 1 saturated heterocycles. The van der Waals surface area contributed by atoms with Crippen LogP contribution in [0.1, 0.15) is 24.8 Å². The van der Waals surface area contributed by atoms with Crippen molar-refractivity contribution in [2.45, 2.75) is 19.3 Å². The molecule has 2 rings (SSSR count). The van der Waals surface area contributed by atoms with Crippen LogP contribution in [-0.2, 0) is 4.79 Å². The van der Waals surface area contributed by atoms with Gasteiger partial charge in [-0.25, -0.2) is 9.18 Å². The predicted molar refractivity (Wildman–Crippen MR) is 78.2 cm³/mol. The molecule has 3 N–H and O–H groups in total. The fourth-order valence-electron chi connectivity index (χ4n) is 2.61. The first-order chi connectivity index (χ1) is 10.5. The van der Waals surface area contributed by atoms with Crippen LogP contribution < -0.4 is 11.1 Å². The molecule has 0 saturated carbocycles. The second-order valence-corrected chi connectivity index (χ2v) is 5.36. The number of nitrogens with one attached hydrogen (secondary N) is 1. The van der Waals surface area contributed by atoms with Crippen LogP contribution in [0.3, 0.4) is 0 Å². The number of amides is 3. The van der Waals surface area contributed by atoms with Gasteiger partial charge in [0.25, 0.3) is 0 Å². The number of likely N-dealkylation sites (tertiary alicyclic amines) is 1. The zero-order valence-corrected chi connectivity index (χ0v) is 12.0. The van der Waals surface area contributed by atoms with E-state index >= 15 is 0 Å². The van der Waals surface area contributed by atoms with Gasteiger partial charge in [0.15, 0.2) is 0 Å². The lowest BCUT2D eigenvalue weighted by atomic mass is 9.95. The summed E-state index contributed by atoms with van der Waals surface area (Å²) in [5, 5.41) is 11.6. The van der Waals surface area contributed by atoms with Crippen LogP contribution in [0.2, 0.25) is 0 Å². The second kappa shape index (κ2) is 6.89. The highest BCUT2D eigenvalue weighted by Gasteiger charge is 2.25. The van der Waals surface area contributed by atoms with Gasteiger partial charge in [-0.3, -0.25) is 4.79 Å². The molecule has 0 aromatic heterocycles. The number of piperidine rings is 1. The van der Waals surface area contributed by atoms with Crippen molar-refractivity contribution in [2.24, 2.45) is 11.7 Å². The third kappa shape index (κ3) is 3.95. The summed E-state index contributed by atoms with van der Waals surface area (Å²) in [5.74, 6) is -0.854. The third-order valence-electron chi connectivity index (χ3n) is 3.64. The van der Waals surface area contributed by atoms with Gasteiger partial charge in [-0.15, -0.1) is 0 Å². The van der Waals surface area contributed by atoms with Crippen LogP contribution in [0.25, 0.3) is 0 Å². The van der Waals surface area contributed by atoms with Crippen molar-refractivity contribution >= 4 is 17.6 Å². The fourth-order valence-corrected chi connectivity index (χ4v) is 2.61. The van der Waals surface area contributed by atoms with Gasteiger partial charge in [0.05, 0.1) is 11.3 Å². The van der Waals surface area contributed by atoms with Gasteiger partial charge in [0, 0.05) is 19.5 Å². The molecule has 0 radical (unpaired) electrons. The number of benzene rings is 1. The van der Waals surface area contributed by atoms with Crippen LogP contribution in [0.5, 0.6) is 0 Å². The zero-order chi connectivity index (χ0) is 16.1. The van der Waals surface area contributed by atoms with Gasteiger partial charge in [-0.05, 0) is 37.0 Å². The number of nitrogens with zero attached hydrogens (tertiary/aromatic N) is 2. The summed E-state index contributed by atoms with van der Waals surface area (Å²) in [6, 6.07) is 5.09. The highest BCUT2D eigenvalue weighted by atomic mass is 19.1. The number of nitriles is 1. The molecule has 116 valence electrons. The summed E-state index contributed by atoms with van der Waals surface area (Å²) in [7, 11) is 0. The zero-order valence-electron chi connectivity index (χ0n) is 12.0. The Morgan fingerprint density at radius 1 is 1.50 bits per heavy atom. The van der Waals surface area contributed by atoms with E-state index in [-0.39, 0.29) is 35.5 Å². The Kier molecular flexibility index (Phi) is 4.94. The van der Waals surface area contributed by atoms with Gasteiger partial charge in [0.1, 0.15) is 11.9 Å². The normalized spacial score (nSPS) is 17.6. The molecule has 1 aromatic carbocycles. The molecular formula is C15H17FN4O2. The number of primary amides is 1. The molecule has 3 amide bonds. The van der Waals surface area contributed by atoms with Crippen molar-refractivity contribution in [3.05, 3.63) is 29.6 Å². The lowest BCUT2D eigenvalue weighted by Crippen LogP contribution is -2.43. The van der Waals surface area contributed by atoms with Crippen LogP contribution >= 0.6 is 0 Å². The molecule has 1 fully saturated rings. The highest BCUT2D eigenvalue weighted by molar-refractivity contribution is 5.91. The minimum absolute atomic E-state index is 0.0562. The standard InChI is InChI=1S/C15H17FN4O2/c16-12-3-4-13(11(7-12)8-17)19-15(22)20-5-1-2-10(9-20)6-14(18)21/h3-4,7,10H,1-2,5-6,9H2,(H2,18,21)(H,19,22). The highest BCUT2D eigenvalue weighted by Crippen LogP contribution is 2.21. The Morgan fingerprint density at radius 3 is 2.95 bits per heavy atom. The van der Waals surface area contributed by atoms with Crippen molar-refractivity contribution in [1.82, 2.24) is 4.90 Å². The first kappa shape index (κ1) is 15.8. The number of carbonyl (C=O) groups is 2. The number of carbonyl (C=O) groups excluding carboxylic acids is 2. The molecule has 1 unspecified atom stereocenters. The van der Waals surface area contributed by atoms with E-state index in [9.17, 15) is 14.0 Å². The monoisotopic (exact) mass is 304 g/mol. The summed E-state index contributed by atoms with van der Waals surface area (Å²) in [4.78, 5) is 24.8. The van der Waals surface area contributed by atoms with Crippen molar-refractivity contribution < 1.29 is 14.0 Å². The maximum atomic E-state index is 13.1. The maximum Gasteiger partial charge on any atom is 0.321 e. The maximum absolute atomic E-state index is 13.1. The van der Waals surface area contributed by atoms with E-state index in [2.05, 4.69) is 5.32 Å². The average molecular weight is 304 g/mol. The van der Waals surface area contributed by atoms with E-state index in [1.54, 1.807) is 4.90 Å². The molecular weight excluding hydrogens is 287 g/mol. The summed E-state index contributed by atoms with van der Waals surface area (Å²) < 4.78 is 13.1.